The van der Waals surface area contributed by atoms with Gasteiger partial charge in [0, 0.05) is 23.7 Å². The van der Waals surface area contributed by atoms with E-state index in [-0.39, 0.29) is 5.75 Å². The zero-order valence-corrected chi connectivity index (χ0v) is 14.6. The minimum atomic E-state index is -0.498. The quantitative estimate of drug-likeness (QED) is 0.710. The summed E-state index contributed by atoms with van der Waals surface area (Å²) < 4.78 is 0. The monoisotopic (exact) mass is 354 g/mol. The van der Waals surface area contributed by atoms with Crippen molar-refractivity contribution < 1.29 is 9.90 Å². The number of carbonyl (C=O) groups excluding carboxylic acids is 1. The summed E-state index contributed by atoms with van der Waals surface area (Å²) in [6, 6.07) is 22.0. The maximum absolute atomic E-state index is 12.1. The molecule has 1 N–H and O–H groups in total. The van der Waals surface area contributed by atoms with E-state index in [1.807, 2.05) is 71.8 Å². The standard InChI is InChI=1S/C23H18N2O2/c26-16-23-21(17-7-6-10-20(27)13-17)14-18(22-11-4-5-12-24-22)15-25(23)19-8-2-1-3-9-19/h1-16,23,27H. The fourth-order valence-corrected chi connectivity index (χ4v) is 3.26. The molecule has 1 aliphatic rings. The number of anilines is 1. The summed E-state index contributed by atoms with van der Waals surface area (Å²) in [6.45, 7) is 0. The molecule has 4 nitrogen and oxygen atoms in total. The van der Waals surface area contributed by atoms with Gasteiger partial charge in [0.2, 0.25) is 0 Å². The second kappa shape index (κ2) is 7.30. The third-order valence-corrected chi connectivity index (χ3v) is 4.53. The Bertz CT molecular complexity index is 1010. The molecule has 2 aromatic carbocycles. The molecule has 27 heavy (non-hydrogen) atoms. The van der Waals surface area contributed by atoms with E-state index in [1.54, 1.807) is 24.4 Å². The van der Waals surface area contributed by atoms with E-state index in [0.717, 1.165) is 34.4 Å². The maximum Gasteiger partial charge on any atom is 0.147 e. The lowest BCUT2D eigenvalue weighted by molar-refractivity contribution is -0.107. The largest absolute Gasteiger partial charge is 0.508 e. The van der Waals surface area contributed by atoms with Gasteiger partial charge in [-0.05, 0) is 53.6 Å². The van der Waals surface area contributed by atoms with Gasteiger partial charge in [0.1, 0.15) is 18.1 Å². The van der Waals surface area contributed by atoms with Gasteiger partial charge in [0.25, 0.3) is 0 Å². The van der Waals surface area contributed by atoms with Gasteiger partial charge in [0.15, 0.2) is 0 Å². The Hall–Kier alpha value is -3.66. The highest BCUT2D eigenvalue weighted by Crippen LogP contribution is 2.35. The number of carbonyl (C=O) groups is 1. The van der Waals surface area contributed by atoms with Crippen molar-refractivity contribution >= 4 is 23.1 Å². The first-order valence-corrected chi connectivity index (χ1v) is 8.69. The average molecular weight is 354 g/mol. The lowest BCUT2D eigenvalue weighted by Crippen LogP contribution is -2.35. The minimum absolute atomic E-state index is 0.165. The molecule has 4 heteroatoms. The summed E-state index contributed by atoms with van der Waals surface area (Å²) in [4.78, 5) is 18.5. The van der Waals surface area contributed by atoms with E-state index in [0.29, 0.717) is 0 Å². The molecule has 132 valence electrons. The maximum atomic E-state index is 12.1. The first-order chi connectivity index (χ1) is 13.3. The Labute approximate surface area is 157 Å². The van der Waals surface area contributed by atoms with E-state index >= 15 is 0 Å². The third-order valence-electron chi connectivity index (χ3n) is 4.53. The van der Waals surface area contributed by atoms with Crippen LogP contribution in [0.4, 0.5) is 5.69 Å². The highest BCUT2D eigenvalue weighted by atomic mass is 16.3. The van der Waals surface area contributed by atoms with Gasteiger partial charge in [-0.1, -0.05) is 36.4 Å². The van der Waals surface area contributed by atoms with Gasteiger partial charge in [-0.25, -0.2) is 0 Å². The summed E-state index contributed by atoms with van der Waals surface area (Å²) in [7, 11) is 0. The molecule has 4 rings (SSSR count). The summed E-state index contributed by atoms with van der Waals surface area (Å²) in [5.74, 6) is 0.165. The number of benzene rings is 2. The number of phenolic OH excluding ortho intramolecular Hbond substituents is 1. The van der Waals surface area contributed by atoms with Crippen molar-refractivity contribution in [3.8, 4) is 5.75 Å². The molecule has 0 saturated carbocycles. The number of aromatic hydroxyl groups is 1. The Kier molecular flexibility index (Phi) is 4.54. The van der Waals surface area contributed by atoms with Gasteiger partial charge in [0.05, 0.1) is 5.69 Å². The second-order valence-corrected chi connectivity index (χ2v) is 6.27. The minimum Gasteiger partial charge on any atom is -0.508 e. The summed E-state index contributed by atoms with van der Waals surface area (Å²) >= 11 is 0. The molecule has 0 bridgehead atoms. The van der Waals surface area contributed by atoms with E-state index < -0.39 is 6.04 Å². The van der Waals surface area contributed by atoms with Crippen molar-refractivity contribution in [3.05, 3.63) is 103 Å². The molecular formula is C23H18N2O2. The van der Waals surface area contributed by atoms with Gasteiger partial charge in [-0.15, -0.1) is 0 Å². The van der Waals surface area contributed by atoms with Gasteiger partial charge in [-0.2, -0.15) is 0 Å². The number of hydrogen-bond acceptors (Lipinski definition) is 4. The number of aromatic nitrogens is 1. The number of rotatable bonds is 4. The van der Waals surface area contributed by atoms with Crippen LogP contribution in [0.5, 0.6) is 5.75 Å². The molecule has 0 fully saturated rings. The molecule has 2 heterocycles. The predicted molar refractivity (Wildman–Crippen MR) is 107 cm³/mol. The van der Waals surface area contributed by atoms with Crippen molar-refractivity contribution in [1.82, 2.24) is 4.98 Å². The van der Waals surface area contributed by atoms with Crippen molar-refractivity contribution in [1.29, 1.82) is 0 Å². The highest BCUT2D eigenvalue weighted by molar-refractivity contribution is 5.98. The first kappa shape index (κ1) is 16.8. The molecular weight excluding hydrogens is 336 g/mol. The summed E-state index contributed by atoms with van der Waals surface area (Å²) in [5, 5.41) is 9.91. The van der Waals surface area contributed by atoms with Crippen LogP contribution in [0.15, 0.2) is 91.3 Å². The second-order valence-electron chi connectivity index (χ2n) is 6.27. The van der Waals surface area contributed by atoms with Crippen LogP contribution in [0.1, 0.15) is 11.3 Å². The zero-order chi connectivity index (χ0) is 18.6. The van der Waals surface area contributed by atoms with Gasteiger partial charge >= 0.3 is 0 Å². The fraction of sp³-hybridized carbons (Fsp3) is 0.0435. The summed E-state index contributed by atoms with van der Waals surface area (Å²) in [6.07, 6.45) is 6.59. The van der Waals surface area contributed by atoms with Crippen LogP contribution in [0, 0.1) is 0 Å². The number of allylic oxidation sites excluding steroid dienone is 2. The average Bonchev–Trinajstić information content (AvgIpc) is 2.74. The van der Waals surface area contributed by atoms with Crippen LogP contribution in [0.3, 0.4) is 0 Å². The van der Waals surface area contributed by atoms with Crippen LogP contribution in [-0.4, -0.2) is 22.4 Å². The normalized spacial score (nSPS) is 16.4. The van der Waals surface area contributed by atoms with Crippen LogP contribution < -0.4 is 4.90 Å². The Morgan fingerprint density at radius 1 is 0.963 bits per heavy atom. The number of para-hydroxylation sites is 1. The molecule has 0 aliphatic carbocycles. The number of nitrogens with zero attached hydrogens (tertiary/aromatic N) is 2. The van der Waals surface area contributed by atoms with Crippen LogP contribution in [0.25, 0.3) is 11.1 Å². The predicted octanol–water partition coefficient (Wildman–Crippen LogP) is 4.30. The highest BCUT2D eigenvalue weighted by Gasteiger charge is 2.27. The Balaban J connectivity index is 1.89. The number of phenols is 1. The van der Waals surface area contributed by atoms with E-state index in [1.165, 1.54) is 0 Å². The molecule has 0 saturated heterocycles. The number of hydrogen-bond donors (Lipinski definition) is 1. The molecule has 1 unspecified atom stereocenters. The molecule has 0 radical (unpaired) electrons. The Morgan fingerprint density at radius 2 is 1.78 bits per heavy atom. The van der Waals surface area contributed by atoms with E-state index in [2.05, 4.69) is 4.98 Å². The Morgan fingerprint density at radius 3 is 2.48 bits per heavy atom. The lowest BCUT2D eigenvalue weighted by atomic mass is 9.91. The van der Waals surface area contributed by atoms with Crippen molar-refractivity contribution in [2.24, 2.45) is 0 Å². The van der Waals surface area contributed by atoms with Crippen molar-refractivity contribution in [2.45, 2.75) is 6.04 Å². The van der Waals surface area contributed by atoms with Crippen molar-refractivity contribution in [2.75, 3.05) is 4.90 Å². The number of aldehydes is 1. The molecule has 1 atom stereocenters. The third kappa shape index (κ3) is 3.37. The molecule has 1 aliphatic heterocycles. The molecule has 0 amide bonds. The SMILES string of the molecule is O=CC1C(c2cccc(O)c2)=CC(c2ccccn2)=CN1c1ccccc1. The van der Waals surface area contributed by atoms with Gasteiger partial charge < -0.3 is 14.8 Å². The van der Waals surface area contributed by atoms with E-state index in [4.69, 9.17) is 0 Å². The summed E-state index contributed by atoms with van der Waals surface area (Å²) in [5.41, 5.74) is 4.24. The topological polar surface area (TPSA) is 53.4 Å². The van der Waals surface area contributed by atoms with Gasteiger partial charge in [-0.3, -0.25) is 4.98 Å². The van der Waals surface area contributed by atoms with Crippen LogP contribution in [0.2, 0.25) is 0 Å². The number of pyridine rings is 1. The molecule has 3 aromatic rings. The zero-order valence-electron chi connectivity index (χ0n) is 14.6. The molecule has 1 aromatic heterocycles. The smallest absolute Gasteiger partial charge is 0.147 e. The first-order valence-electron chi connectivity index (χ1n) is 8.69. The fourth-order valence-electron chi connectivity index (χ4n) is 3.26. The van der Waals surface area contributed by atoms with E-state index in [9.17, 15) is 9.90 Å². The van der Waals surface area contributed by atoms with Crippen LogP contribution >= 0.6 is 0 Å². The lowest BCUT2D eigenvalue weighted by Gasteiger charge is -2.33. The van der Waals surface area contributed by atoms with Crippen molar-refractivity contribution in [3.63, 3.8) is 0 Å². The van der Waals surface area contributed by atoms with Crippen LogP contribution in [-0.2, 0) is 4.79 Å². The molecule has 0 spiro atoms.